The molecular formula is C12H16N2O3. The number of carbonyl (C=O) groups is 1. The van der Waals surface area contributed by atoms with Gasteiger partial charge >= 0.3 is 5.97 Å². The van der Waals surface area contributed by atoms with Crippen LogP contribution >= 0.6 is 0 Å². The van der Waals surface area contributed by atoms with Gasteiger partial charge in [0.15, 0.2) is 0 Å². The van der Waals surface area contributed by atoms with Crippen molar-refractivity contribution in [3.63, 3.8) is 0 Å². The lowest BCUT2D eigenvalue weighted by Gasteiger charge is -2.19. The van der Waals surface area contributed by atoms with Crippen molar-refractivity contribution < 1.29 is 14.6 Å². The van der Waals surface area contributed by atoms with Crippen LogP contribution in [0.3, 0.4) is 0 Å². The van der Waals surface area contributed by atoms with E-state index in [2.05, 4.69) is 9.97 Å². The molecule has 1 aromatic rings. The first-order valence-corrected chi connectivity index (χ1v) is 5.76. The molecule has 0 saturated heterocycles. The molecule has 5 heteroatoms. The van der Waals surface area contributed by atoms with Crippen LogP contribution in [-0.2, 0) is 29.0 Å². The first-order valence-electron chi connectivity index (χ1n) is 5.76. The molecule has 2 rings (SSSR count). The normalized spacial score (nSPS) is 14.8. The van der Waals surface area contributed by atoms with E-state index in [9.17, 15) is 4.79 Å². The molecule has 0 saturated carbocycles. The van der Waals surface area contributed by atoms with Gasteiger partial charge in [-0.25, -0.2) is 9.97 Å². The fourth-order valence-electron chi connectivity index (χ4n) is 1.87. The largest absolute Gasteiger partial charge is 0.481 e. The van der Waals surface area contributed by atoms with Crippen LogP contribution in [0.15, 0.2) is 0 Å². The van der Waals surface area contributed by atoms with Gasteiger partial charge in [0.1, 0.15) is 5.82 Å². The van der Waals surface area contributed by atoms with Gasteiger partial charge < -0.3 is 9.84 Å². The van der Waals surface area contributed by atoms with E-state index in [1.807, 2.05) is 13.8 Å². The third-order valence-corrected chi connectivity index (χ3v) is 2.76. The molecule has 0 bridgehead atoms. The summed E-state index contributed by atoms with van der Waals surface area (Å²) in [6.45, 7) is 5.08. The number of fused-ring (bicyclic) bond motifs is 1. The molecule has 0 radical (unpaired) electrons. The van der Waals surface area contributed by atoms with Gasteiger partial charge in [0.05, 0.1) is 31.0 Å². The fourth-order valence-corrected chi connectivity index (χ4v) is 1.87. The number of carboxylic acid groups (broad SMARTS) is 1. The predicted octanol–water partition coefficient (Wildman–Crippen LogP) is 1.30. The summed E-state index contributed by atoms with van der Waals surface area (Å²) < 4.78 is 5.35. The summed E-state index contributed by atoms with van der Waals surface area (Å²) in [6, 6.07) is 0. The van der Waals surface area contributed by atoms with Crippen LogP contribution in [-0.4, -0.2) is 27.7 Å². The molecular weight excluding hydrogens is 220 g/mol. The number of nitrogens with zero attached hydrogens (tertiary/aromatic N) is 2. The second-order valence-electron chi connectivity index (χ2n) is 4.48. The number of hydrogen-bond donors (Lipinski definition) is 1. The fraction of sp³-hybridized carbons (Fsp3) is 0.583. The van der Waals surface area contributed by atoms with Crippen molar-refractivity contribution in [2.24, 2.45) is 0 Å². The first kappa shape index (κ1) is 12.0. The first-order chi connectivity index (χ1) is 8.08. The molecule has 1 aromatic heterocycles. The minimum atomic E-state index is -0.869. The number of ether oxygens (including phenoxy) is 1. The Morgan fingerprint density at radius 2 is 2.24 bits per heavy atom. The van der Waals surface area contributed by atoms with E-state index in [4.69, 9.17) is 9.84 Å². The third-order valence-electron chi connectivity index (χ3n) is 2.76. The number of rotatable bonds is 3. The number of hydrogen-bond acceptors (Lipinski definition) is 4. The number of carboxylic acids is 1. The van der Waals surface area contributed by atoms with Gasteiger partial charge in [-0.2, -0.15) is 0 Å². The van der Waals surface area contributed by atoms with Crippen LogP contribution in [0.4, 0.5) is 0 Å². The Labute approximate surface area is 99.9 Å². The van der Waals surface area contributed by atoms with Crippen molar-refractivity contribution in [3.8, 4) is 0 Å². The van der Waals surface area contributed by atoms with Crippen molar-refractivity contribution in [2.75, 3.05) is 6.61 Å². The zero-order valence-electron chi connectivity index (χ0n) is 10.1. The number of aliphatic carboxylic acids is 1. The third kappa shape index (κ3) is 2.61. The lowest BCUT2D eigenvalue weighted by molar-refractivity contribution is -0.136. The van der Waals surface area contributed by atoms with Gasteiger partial charge in [0.25, 0.3) is 0 Å². The van der Waals surface area contributed by atoms with Gasteiger partial charge in [-0.05, 0) is 0 Å². The molecule has 1 aliphatic heterocycles. The van der Waals surface area contributed by atoms with E-state index in [1.54, 1.807) is 0 Å². The zero-order chi connectivity index (χ0) is 12.4. The second-order valence-corrected chi connectivity index (χ2v) is 4.48. The van der Waals surface area contributed by atoms with Gasteiger partial charge in [0, 0.05) is 17.9 Å². The maximum Gasteiger partial charge on any atom is 0.309 e. The Kier molecular flexibility index (Phi) is 3.38. The highest BCUT2D eigenvalue weighted by atomic mass is 16.5. The van der Waals surface area contributed by atoms with E-state index in [1.165, 1.54) is 0 Å². The molecule has 0 amide bonds. The molecule has 0 unspecified atom stereocenters. The average molecular weight is 236 g/mol. The topological polar surface area (TPSA) is 72.3 Å². The molecule has 0 spiro atoms. The molecule has 0 aromatic carbocycles. The van der Waals surface area contributed by atoms with E-state index >= 15 is 0 Å². The highest BCUT2D eigenvalue weighted by molar-refractivity contribution is 5.70. The molecule has 92 valence electrons. The van der Waals surface area contributed by atoms with Gasteiger partial charge in [-0.3, -0.25) is 4.79 Å². The van der Waals surface area contributed by atoms with E-state index in [-0.39, 0.29) is 12.3 Å². The monoisotopic (exact) mass is 236 g/mol. The Hall–Kier alpha value is -1.49. The standard InChI is InChI=1S/C12H16N2O3/c1-7(2)12-13-9-3-4-17-6-8(9)10(14-12)5-11(15)16/h7H,3-6H2,1-2H3,(H,15,16). The Morgan fingerprint density at radius 3 is 2.88 bits per heavy atom. The molecule has 1 aliphatic rings. The summed E-state index contributed by atoms with van der Waals surface area (Å²) in [5.74, 6) is 0.0590. The second kappa shape index (κ2) is 4.79. The Bertz CT molecular complexity index is 444. The van der Waals surface area contributed by atoms with Crippen molar-refractivity contribution in [2.45, 2.75) is 39.2 Å². The summed E-state index contributed by atoms with van der Waals surface area (Å²) in [7, 11) is 0. The molecule has 1 N–H and O–H groups in total. The van der Waals surface area contributed by atoms with Crippen LogP contribution in [0.2, 0.25) is 0 Å². The maximum absolute atomic E-state index is 10.8. The summed E-state index contributed by atoms with van der Waals surface area (Å²) in [6.07, 6.45) is 0.679. The molecule has 2 heterocycles. The minimum Gasteiger partial charge on any atom is -0.481 e. The lowest BCUT2D eigenvalue weighted by Crippen LogP contribution is -2.19. The van der Waals surface area contributed by atoms with E-state index < -0.39 is 5.97 Å². The summed E-state index contributed by atoms with van der Waals surface area (Å²) in [5.41, 5.74) is 2.42. The Balaban J connectivity index is 2.46. The zero-order valence-corrected chi connectivity index (χ0v) is 10.1. The van der Waals surface area contributed by atoms with Gasteiger partial charge in [0.2, 0.25) is 0 Å². The van der Waals surface area contributed by atoms with Crippen molar-refractivity contribution in [1.29, 1.82) is 0 Å². The average Bonchev–Trinajstić information content (AvgIpc) is 2.28. The predicted molar refractivity (Wildman–Crippen MR) is 60.8 cm³/mol. The summed E-state index contributed by atoms with van der Waals surface area (Å²) in [5, 5.41) is 8.90. The van der Waals surface area contributed by atoms with Crippen LogP contribution in [0.25, 0.3) is 0 Å². The minimum absolute atomic E-state index is 0.0616. The summed E-state index contributed by atoms with van der Waals surface area (Å²) >= 11 is 0. The van der Waals surface area contributed by atoms with Crippen LogP contribution in [0.5, 0.6) is 0 Å². The van der Waals surface area contributed by atoms with Gasteiger partial charge in [-0.15, -0.1) is 0 Å². The lowest BCUT2D eigenvalue weighted by atomic mass is 10.0. The smallest absolute Gasteiger partial charge is 0.309 e. The number of aromatic nitrogens is 2. The molecule has 5 nitrogen and oxygen atoms in total. The van der Waals surface area contributed by atoms with Crippen molar-refractivity contribution >= 4 is 5.97 Å². The van der Waals surface area contributed by atoms with Crippen LogP contribution in [0.1, 0.15) is 42.5 Å². The van der Waals surface area contributed by atoms with Gasteiger partial charge in [-0.1, -0.05) is 13.8 Å². The molecule has 0 atom stereocenters. The molecule has 0 fully saturated rings. The highest BCUT2D eigenvalue weighted by Crippen LogP contribution is 2.21. The molecule has 0 aliphatic carbocycles. The van der Waals surface area contributed by atoms with Crippen molar-refractivity contribution in [1.82, 2.24) is 9.97 Å². The SMILES string of the molecule is CC(C)c1nc2c(c(CC(=O)O)n1)COCC2. The van der Waals surface area contributed by atoms with E-state index in [0.717, 1.165) is 23.5 Å². The maximum atomic E-state index is 10.8. The molecule has 17 heavy (non-hydrogen) atoms. The van der Waals surface area contributed by atoms with Crippen LogP contribution in [0, 0.1) is 0 Å². The summed E-state index contributed by atoms with van der Waals surface area (Å²) in [4.78, 5) is 19.7. The highest BCUT2D eigenvalue weighted by Gasteiger charge is 2.20. The Morgan fingerprint density at radius 1 is 1.47 bits per heavy atom. The van der Waals surface area contributed by atoms with E-state index in [0.29, 0.717) is 18.9 Å². The quantitative estimate of drug-likeness (QED) is 0.856. The van der Waals surface area contributed by atoms with Crippen LogP contribution < -0.4 is 0 Å². The van der Waals surface area contributed by atoms with Crippen molar-refractivity contribution in [3.05, 3.63) is 22.8 Å².